The van der Waals surface area contributed by atoms with Gasteiger partial charge >= 0.3 is 0 Å². The first-order chi connectivity index (χ1) is 9.58. The average Bonchev–Trinajstić information content (AvgIpc) is 2.75. The SMILES string of the molecule is CCC(=O)Nc1cc2c(cc1Cl)-c1ccc(Cl)cc1C2. The molecule has 0 bridgehead atoms. The Morgan fingerprint density at radius 3 is 2.65 bits per heavy atom. The molecule has 0 atom stereocenters. The van der Waals surface area contributed by atoms with Gasteiger partial charge in [-0.05, 0) is 52.9 Å². The average molecular weight is 306 g/mol. The zero-order chi connectivity index (χ0) is 14.3. The Labute approximate surface area is 127 Å². The number of carbonyl (C=O) groups excluding carboxylic acids is 1. The number of carbonyl (C=O) groups is 1. The highest BCUT2D eigenvalue weighted by Gasteiger charge is 2.20. The molecule has 1 N–H and O–H groups in total. The lowest BCUT2D eigenvalue weighted by Gasteiger charge is -2.09. The molecular weight excluding hydrogens is 293 g/mol. The number of amides is 1. The largest absolute Gasteiger partial charge is 0.325 e. The highest BCUT2D eigenvalue weighted by molar-refractivity contribution is 6.34. The van der Waals surface area contributed by atoms with Crippen LogP contribution in [-0.4, -0.2) is 5.91 Å². The smallest absolute Gasteiger partial charge is 0.224 e. The first kappa shape index (κ1) is 13.5. The summed E-state index contributed by atoms with van der Waals surface area (Å²) >= 11 is 12.3. The first-order valence-electron chi connectivity index (χ1n) is 6.49. The molecule has 0 heterocycles. The van der Waals surface area contributed by atoms with Crippen LogP contribution in [0.5, 0.6) is 0 Å². The monoisotopic (exact) mass is 305 g/mol. The van der Waals surface area contributed by atoms with Crippen molar-refractivity contribution in [2.24, 2.45) is 0 Å². The van der Waals surface area contributed by atoms with Gasteiger partial charge in [-0.25, -0.2) is 0 Å². The predicted octanol–water partition coefficient (Wildman–Crippen LogP) is 4.91. The third-order valence-corrected chi connectivity index (χ3v) is 4.07. The number of benzene rings is 2. The van der Waals surface area contributed by atoms with Crippen LogP contribution in [-0.2, 0) is 11.2 Å². The fraction of sp³-hybridized carbons (Fsp3) is 0.188. The summed E-state index contributed by atoms with van der Waals surface area (Å²) in [6, 6.07) is 9.76. The molecule has 0 unspecified atom stereocenters. The second kappa shape index (κ2) is 5.12. The highest BCUT2D eigenvalue weighted by atomic mass is 35.5. The van der Waals surface area contributed by atoms with Crippen LogP contribution in [0.2, 0.25) is 10.0 Å². The maximum atomic E-state index is 11.5. The second-order valence-electron chi connectivity index (χ2n) is 4.87. The summed E-state index contributed by atoms with van der Waals surface area (Å²) in [5.41, 5.74) is 5.33. The minimum absolute atomic E-state index is 0.0367. The van der Waals surface area contributed by atoms with Crippen LogP contribution in [0.3, 0.4) is 0 Å². The number of hydrogen-bond donors (Lipinski definition) is 1. The van der Waals surface area contributed by atoms with Crippen LogP contribution in [0.25, 0.3) is 11.1 Å². The number of hydrogen-bond acceptors (Lipinski definition) is 1. The van der Waals surface area contributed by atoms with Crippen molar-refractivity contribution in [3.63, 3.8) is 0 Å². The fourth-order valence-electron chi connectivity index (χ4n) is 2.53. The fourth-order valence-corrected chi connectivity index (χ4v) is 2.93. The predicted molar refractivity (Wildman–Crippen MR) is 83.6 cm³/mol. The molecule has 0 aliphatic heterocycles. The molecule has 20 heavy (non-hydrogen) atoms. The summed E-state index contributed by atoms with van der Waals surface area (Å²) in [5, 5.41) is 4.13. The second-order valence-corrected chi connectivity index (χ2v) is 5.71. The summed E-state index contributed by atoms with van der Waals surface area (Å²) in [7, 11) is 0. The molecule has 0 fully saturated rings. The molecule has 0 saturated heterocycles. The Kier molecular flexibility index (Phi) is 3.45. The molecule has 4 heteroatoms. The van der Waals surface area contributed by atoms with Crippen LogP contribution >= 0.6 is 23.2 Å². The Morgan fingerprint density at radius 2 is 1.90 bits per heavy atom. The molecule has 2 aromatic rings. The molecule has 2 nitrogen and oxygen atoms in total. The van der Waals surface area contributed by atoms with Crippen molar-refractivity contribution in [1.29, 1.82) is 0 Å². The summed E-state index contributed by atoms with van der Waals surface area (Å²) < 4.78 is 0. The van der Waals surface area contributed by atoms with Crippen LogP contribution in [0.4, 0.5) is 5.69 Å². The van der Waals surface area contributed by atoms with Crippen LogP contribution < -0.4 is 5.32 Å². The third kappa shape index (κ3) is 2.30. The summed E-state index contributed by atoms with van der Waals surface area (Å²) in [6.45, 7) is 1.81. The Hall–Kier alpha value is -1.51. The van der Waals surface area contributed by atoms with Gasteiger partial charge in [0.05, 0.1) is 10.7 Å². The molecule has 102 valence electrons. The molecule has 0 spiro atoms. The molecular formula is C16H13Cl2NO. The number of anilines is 1. The Bertz CT molecular complexity index is 710. The van der Waals surface area contributed by atoms with Crippen molar-refractivity contribution in [1.82, 2.24) is 0 Å². The van der Waals surface area contributed by atoms with Gasteiger partial charge in [0.2, 0.25) is 5.91 Å². The maximum Gasteiger partial charge on any atom is 0.224 e. The molecule has 0 radical (unpaired) electrons. The van der Waals surface area contributed by atoms with Crippen molar-refractivity contribution in [3.8, 4) is 11.1 Å². The van der Waals surface area contributed by atoms with Gasteiger partial charge in [-0.1, -0.05) is 36.2 Å². The van der Waals surface area contributed by atoms with E-state index in [9.17, 15) is 4.79 Å². The van der Waals surface area contributed by atoms with E-state index in [0.29, 0.717) is 17.1 Å². The zero-order valence-corrected chi connectivity index (χ0v) is 12.5. The lowest BCUT2D eigenvalue weighted by molar-refractivity contribution is -0.115. The summed E-state index contributed by atoms with van der Waals surface area (Å²) in [4.78, 5) is 11.5. The van der Waals surface area contributed by atoms with Crippen molar-refractivity contribution < 1.29 is 4.79 Å². The molecule has 1 aliphatic rings. The van der Waals surface area contributed by atoms with Crippen molar-refractivity contribution >= 4 is 34.8 Å². The van der Waals surface area contributed by atoms with Crippen molar-refractivity contribution in [3.05, 3.63) is 51.5 Å². The van der Waals surface area contributed by atoms with Crippen LogP contribution in [0.15, 0.2) is 30.3 Å². The highest BCUT2D eigenvalue weighted by Crippen LogP contribution is 2.41. The van der Waals surface area contributed by atoms with Gasteiger partial charge in [0.15, 0.2) is 0 Å². The van der Waals surface area contributed by atoms with E-state index in [1.807, 2.05) is 37.3 Å². The van der Waals surface area contributed by atoms with Gasteiger partial charge in [0, 0.05) is 11.4 Å². The summed E-state index contributed by atoms with van der Waals surface area (Å²) in [6.07, 6.45) is 1.25. The third-order valence-electron chi connectivity index (χ3n) is 3.53. The summed E-state index contributed by atoms with van der Waals surface area (Å²) in [5.74, 6) is -0.0367. The standard InChI is InChI=1S/C16H13Cl2NO/c1-2-16(20)19-15-7-10-5-9-6-11(17)3-4-12(9)13(10)8-14(15)18/h3-4,6-8H,2,5H2,1H3,(H,19,20). The Morgan fingerprint density at radius 1 is 1.15 bits per heavy atom. The number of fused-ring (bicyclic) bond motifs is 3. The van der Waals surface area contributed by atoms with Crippen molar-refractivity contribution in [2.75, 3.05) is 5.32 Å². The lowest BCUT2D eigenvalue weighted by atomic mass is 10.1. The van der Waals surface area contributed by atoms with Gasteiger partial charge in [-0.15, -0.1) is 0 Å². The van der Waals surface area contributed by atoms with Gasteiger partial charge in [-0.3, -0.25) is 4.79 Å². The van der Waals surface area contributed by atoms with E-state index in [4.69, 9.17) is 23.2 Å². The van der Waals surface area contributed by atoms with Crippen LogP contribution in [0, 0.1) is 0 Å². The van der Waals surface area contributed by atoms with E-state index >= 15 is 0 Å². The molecule has 3 rings (SSSR count). The molecule has 1 aliphatic carbocycles. The van der Waals surface area contributed by atoms with Gasteiger partial charge in [-0.2, -0.15) is 0 Å². The van der Waals surface area contributed by atoms with E-state index in [1.165, 1.54) is 11.1 Å². The molecule has 1 amide bonds. The minimum Gasteiger partial charge on any atom is -0.325 e. The number of rotatable bonds is 2. The number of nitrogens with one attached hydrogen (secondary N) is 1. The molecule has 0 aromatic heterocycles. The first-order valence-corrected chi connectivity index (χ1v) is 7.25. The van der Waals surface area contributed by atoms with E-state index < -0.39 is 0 Å². The molecule has 2 aromatic carbocycles. The Balaban J connectivity index is 2.03. The van der Waals surface area contributed by atoms with E-state index in [2.05, 4.69) is 5.32 Å². The lowest BCUT2D eigenvalue weighted by Crippen LogP contribution is -2.10. The number of halogens is 2. The van der Waals surface area contributed by atoms with E-state index in [1.54, 1.807) is 0 Å². The van der Waals surface area contributed by atoms with Crippen molar-refractivity contribution in [2.45, 2.75) is 19.8 Å². The topological polar surface area (TPSA) is 29.1 Å². The maximum absolute atomic E-state index is 11.5. The normalized spacial score (nSPS) is 11.9. The van der Waals surface area contributed by atoms with Gasteiger partial charge in [0.1, 0.15) is 0 Å². The van der Waals surface area contributed by atoms with Gasteiger partial charge < -0.3 is 5.32 Å². The zero-order valence-electron chi connectivity index (χ0n) is 11.0. The van der Waals surface area contributed by atoms with Gasteiger partial charge in [0.25, 0.3) is 0 Å². The van der Waals surface area contributed by atoms with Crippen LogP contribution in [0.1, 0.15) is 24.5 Å². The molecule has 0 saturated carbocycles. The van der Waals surface area contributed by atoms with E-state index in [0.717, 1.165) is 22.6 Å². The van der Waals surface area contributed by atoms with E-state index in [-0.39, 0.29) is 5.91 Å². The minimum atomic E-state index is -0.0367. The quantitative estimate of drug-likeness (QED) is 0.716.